The van der Waals surface area contributed by atoms with Crippen molar-refractivity contribution in [3.8, 4) is 0 Å². The normalized spacial score (nSPS) is 5.77. The third-order valence-corrected chi connectivity index (χ3v) is 0. The van der Waals surface area contributed by atoms with E-state index in [0.29, 0.717) is 0 Å². The Morgan fingerprint density at radius 3 is 0.692 bits per heavy atom. The third kappa shape index (κ3) is 6850. The van der Waals surface area contributed by atoms with E-state index in [4.69, 9.17) is 29.7 Å². The molecule has 0 unspecified atom stereocenters. The van der Waals surface area contributed by atoms with E-state index in [2.05, 4.69) is 0 Å². The summed E-state index contributed by atoms with van der Waals surface area (Å²) >= 11 is 0. The molecule has 0 saturated heterocycles. The van der Waals surface area contributed by atoms with Crippen molar-refractivity contribution in [1.82, 2.24) is 0 Å². The van der Waals surface area contributed by atoms with Gasteiger partial charge in [-0.15, -0.1) is 0 Å². The van der Waals surface area contributed by atoms with Crippen molar-refractivity contribution in [1.29, 1.82) is 0 Å². The number of carbonyl (C=O) groups excluding carboxylic acids is 3. The molecular formula is C6H9LaO6. The quantitative estimate of drug-likeness (QED) is 0.453. The van der Waals surface area contributed by atoms with Crippen LogP contribution in [0.4, 0.5) is 0 Å². The second kappa shape index (κ2) is 17.6. The molecule has 0 aliphatic rings. The van der Waals surface area contributed by atoms with Crippen LogP contribution in [0, 0.1) is 35.6 Å². The molecule has 0 aliphatic carbocycles. The summed E-state index contributed by atoms with van der Waals surface area (Å²) in [5, 5.41) is 26.7. The van der Waals surface area contributed by atoms with E-state index < -0.39 is 17.9 Å². The fraction of sp³-hybridized carbons (Fsp3) is 0.500. The van der Waals surface area contributed by atoms with Gasteiger partial charge in [0.15, 0.2) is 0 Å². The summed E-state index contributed by atoms with van der Waals surface area (Å²) in [5.74, 6) is -3.25. The van der Waals surface area contributed by atoms with Gasteiger partial charge >= 0.3 is 35.6 Å². The van der Waals surface area contributed by atoms with Crippen LogP contribution in [-0.2, 0) is 14.4 Å². The maximum atomic E-state index is 8.89. The molecule has 0 N–H and O–H groups in total. The van der Waals surface area contributed by atoms with Crippen molar-refractivity contribution < 1.29 is 65.3 Å². The van der Waals surface area contributed by atoms with Crippen molar-refractivity contribution in [2.75, 3.05) is 0 Å². The molecule has 0 heterocycles. The predicted molar refractivity (Wildman–Crippen MR) is 32.0 cm³/mol. The smallest absolute Gasteiger partial charge is 0.550 e. The van der Waals surface area contributed by atoms with Crippen LogP contribution in [0.1, 0.15) is 20.8 Å². The number of carbonyl (C=O) groups is 3. The Morgan fingerprint density at radius 1 is 0.692 bits per heavy atom. The van der Waals surface area contributed by atoms with E-state index in [9.17, 15) is 0 Å². The number of hydrogen-bond donors (Lipinski definition) is 0. The Labute approximate surface area is 104 Å². The molecule has 0 radical (unpaired) electrons. The largest absolute Gasteiger partial charge is 3.00 e. The van der Waals surface area contributed by atoms with Crippen LogP contribution in [0.5, 0.6) is 0 Å². The predicted octanol–water partition coefficient (Wildman–Crippen LogP) is -3.73. The fourth-order valence-electron chi connectivity index (χ4n) is 0. The maximum Gasteiger partial charge on any atom is 3.00 e. The van der Waals surface area contributed by atoms with Gasteiger partial charge in [0.2, 0.25) is 0 Å². The molecular weight excluding hydrogens is 307 g/mol. The van der Waals surface area contributed by atoms with E-state index in [0.717, 1.165) is 20.8 Å². The van der Waals surface area contributed by atoms with Crippen LogP contribution in [0.25, 0.3) is 0 Å². The topological polar surface area (TPSA) is 120 Å². The molecule has 0 rings (SSSR count). The summed E-state index contributed by atoms with van der Waals surface area (Å²) in [6.45, 7) is 2.92. The standard InChI is InChI=1S/3C2H4O2.La/c3*1-2(3)4;/h3*1H3,(H,3,4);/q;;;+3/p-3. The Bertz CT molecular complexity index is 115. The Balaban J connectivity index is -0.0000000450. The van der Waals surface area contributed by atoms with Crippen LogP contribution < -0.4 is 15.3 Å². The minimum Gasteiger partial charge on any atom is -0.550 e. The Hall–Kier alpha value is -0.395. The van der Waals surface area contributed by atoms with E-state index in [1.807, 2.05) is 0 Å². The van der Waals surface area contributed by atoms with Gasteiger partial charge in [-0.2, -0.15) is 0 Å². The second-order valence-corrected chi connectivity index (χ2v) is 1.47. The first-order valence-electron chi connectivity index (χ1n) is 2.72. The SMILES string of the molecule is CC(=O)[O-].CC(=O)[O-].CC(=O)[O-].[La+3]. The van der Waals surface area contributed by atoms with Crippen LogP contribution in [-0.4, -0.2) is 17.9 Å². The minimum absolute atomic E-state index is 0. The van der Waals surface area contributed by atoms with Gasteiger partial charge in [0.1, 0.15) is 0 Å². The zero-order valence-corrected chi connectivity index (χ0v) is 11.2. The van der Waals surface area contributed by atoms with Gasteiger partial charge in [0.25, 0.3) is 0 Å². The number of carboxylic acids is 3. The van der Waals surface area contributed by atoms with Gasteiger partial charge < -0.3 is 29.7 Å². The zero-order chi connectivity index (χ0) is 10.7. The first-order valence-corrected chi connectivity index (χ1v) is 2.72. The van der Waals surface area contributed by atoms with E-state index in [1.54, 1.807) is 0 Å². The molecule has 0 amide bonds. The van der Waals surface area contributed by atoms with Gasteiger partial charge in [-0.05, 0) is 20.8 Å². The van der Waals surface area contributed by atoms with Crippen molar-refractivity contribution in [3.63, 3.8) is 0 Å². The van der Waals surface area contributed by atoms with Gasteiger partial charge in [-0.25, -0.2) is 0 Å². The summed E-state index contributed by atoms with van der Waals surface area (Å²) in [4.78, 5) is 26.7. The molecule has 0 aliphatic heterocycles. The fourth-order valence-corrected chi connectivity index (χ4v) is 0. The first kappa shape index (κ1) is 22.9. The van der Waals surface area contributed by atoms with Crippen LogP contribution in [0.3, 0.4) is 0 Å². The second-order valence-electron chi connectivity index (χ2n) is 1.47. The Morgan fingerprint density at radius 2 is 0.692 bits per heavy atom. The molecule has 0 spiro atoms. The van der Waals surface area contributed by atoms with E-state index in [1.165, 1.54) is 0 Å². The van der Waals surface area contributed by atoms with Crippen LogP contribution >= 0.6 is 0 Å². The molecule has 0 aromatic carbocycles. The molecule has 0 fully saturated rings. The van der Waals surface area contributed by atoms with Crippen LogP contribution in [0.15, 0.2) is 0 Å². The van der Waals surface area contributed by atoms with Gasteiger partial charge in [-0.1, -0.05) is 0 Å². The molecule has 0 saturated carbocycles. The first-order chi connectivity index (χ1) is 5.20. The molecule has 0 aromatic heterocycles. The molecule has 6 nitrogen and oxygen atoms in total. The van der Waals surface area contributed by atoms with Gasteiger partial charge in [0.05, 0.1) is 0 Å². The van der Waals surface area contributed by atoms with Crippen molar-refractivity contribution in [2.24, 2.45) is 0 Å². The Kier molecular flexibility index (Phi) is 31.1. The number of carboxylic acid groups (broad SMARTS) is 3. The van der Waals surface area contributed by atoms with Crippen molar-refractivity contribution >= 4 is 17.9 Å². The van der Waals surface area contributed by atoms with E-state index in [-0.39, 0.29) is 35.6 Å². The van der Waals surface area contributed by atoms with Gasteiger partial charge in [-0.3, -0.25) is 0 Å². The van der Waals surface area contributed by atoms with Gasteiger partial charge in [0, 0.05) is 17.9 Å². The molecule has 7 heteroatoms. The summed E-state index contributed by atoms with van der Waals surface area (Å²) in [6, 6.07) is 0. The minimum atomic E-state index is -1.08. The van der Waals surface area contributed by atoms with Crippen molar-refractivity contribution in [2.45, 2.75) is 20.8 Å². The number of rotatable bonds is 0. The maximum absolute atomic E-state index is 8.89. The molecule has 0 bridgehead atoms. The number of aliphatic carboxylic acids is 3. The molecule has 0 aromatic rings. The third-order valence-electron chi connectivity index (χ3n) is 0. The monoisotopic (exact) mass is 316 g/mol. The zero-order valence-electron chi connectivity index (χ0n) is 7.53. The summed E-state index contributed by atoms with van der Waals surface area (Å²) < 4.78 is 0. The number of hydrogen-bond acceptors (Lipinski definition) is 6. The average Bonchev–Trinajstić information content (AvgIpc) is 1.54. The molecule has 13 heavy (non-hydrogen) atoms. The van der Waals surface area contributed by atoms with E-state index >= 15 is 0 Å². The average molecular weight is 316 g/mol. The summed E-state index contributed by atoms with van der Waals surface area (Å²) in [5.41, 5.74) is 0. The van der Waals surface area contributed by atoms with Crippen LogP contribution in [0.2, 0.25) is 0 Å². The molecule has 0 atom stereocenters. The van der Waals surface area contributed by atoms with Crippen molar-refractivity contribution in [3.05, 3.63) is 0 Å². The summed E-state index contributed by atoms with van der Waals surface area (Å²) in [6.07, 6.45) is 0. The summed E-state index contributed by atoms with van der Waals surface area (Å²) in [7, 11) is 0. The molecule has 72 valence electrons.